The minimum absolute atomic E-state index is 0.141. The molecule has 20 heavy (non-hydrogen) atoms. The van der Waals surface area contributed by atoms with Gasteiger partial charge in [-0.25, -0.2) is 4.79 Å². The standard InChI is InChI=1S/C15H20N2O3/c1-11(18)17-14(12-6-2-3-7-12)15(19)20-10-13-8-4-5-9-16-13/h4-5,8-9,12,14H,2-3,6-7,10H2,1H3,(H,17,18). The number of carbonyl (C=O) groups is 2. The van der Waals surface area contributed by atoms with Gasteiger partial charge in [-0.05, 0) is 30.9 Å². The van der Waals surface area contributed by atoms with Gasteiger partial charge in [0.2, 0.25) is 5.91 Å². The molecule has 108 valence electrons. The third kappa shape index (κ3) is 4.05. The summed E-state index contributed by atoms with van der Waals surface area (Å²) in [7, 11) is 0. The number of nitrogens with one attached hydrogen (secondary N) is 1. The summed E-state index contributed by atoms with van der Waals surface area (Å²) in [5, 5.41) is 2.72. The molecule has 1 aliphatic rings. The monoisotopic (exact) mass is 276 g/mol. The third-order valence-corrected chi connectivity index (χ3v) is 3.57. The fourth-order valence-electron chi connectivity index (χ4n) is 2.60. The molecule has 2 rings (SSSR count). The molecule has 1 atom stereocenters. The van der Waals surface area contributed by atoms with Crippen LogP contribution >= 0.6 is 0 Å². The molecule has 1 amide bonds. The van der Waals surface area contributed by atoms with Crippen LogP contribution in [0.4, 0.5) is 0 Å². The summed E-state index contributed by atoms with van der Waals surface area (Å²) in [5.41, 5.74) is 0.703. The zero-order chi connectivity index (χ0) is 14.4. The molecule has 1 aliphatic carbocycles. The van der Waals surface area contributed by atoms with Crippen molar-refractivity contribution < 1.29 is 14.3 Å². The van der Waals surface area contributed by atoms with E-state index in [-0.39, 0.29) is 24.4 Å². The van der Waals surface area contributed by atoms with Gasteiger partial charge >= 0.3 is 5.97 Å². The number of rotatable bonds is 5. The lowest BCUT2D eigenvalue weighted by Gasteiger charge is -2.22. The van der Waals surface area contributed by atoms with Gasteiger partial charge in [0.25, 0.3) is 0 Å². The van der Waals surface area contributed by atoms with Crippen molar-refractivity contribution in [3.63, 3.8) is 0 Å². The molecule has 0 spiro atoms. The number of nitrogens with zero attached hydrogens (tertiary/aromatic N) is 1. The SMILES string of the molecule is CC(=O)NC(C(=O)OCc1ccccn1)C1CCCC1. The number of ether oxygens (including phenoxy) is 1. The van der Waals surface area contributed by atoms with Crippen LogP contribution in [0.3, 0.4) is 0 Å². The van der Waals surface area contributed by atoms with Crippen LogP contribution in [0, 0.1) is 5.92 Å². The lowest BCUT2D eigenvalue weighted by molar-refractivity contribution is -0.150. The maximum atomic E-state index is 12.2. The molecule has 0 aromatic carbocycles. The highest BCUT2D eigenvalue weighted by atomic mass is 16.5. The highest BCUT2D eigenvalue weighted by molar-refractivity contribution is 5.83. The number of carbonyl (C=O) groups excluding carboxylic acids is 2. The highest BCUT2D eigenvalue weighted by Crippen LogP contribution is 2.28. The quantitative estimate of drug-likeness (QED) is 0.833. The Kier molecular flexibility index (Phi) is 5.09. The number of esters is 1. The van der Waals surface area contributed by atoms with E-state index in [4.69, 9.17) is 4.74 Å². The molecule has 5 nitrogen and oxygen atoms in total. The molecule has 1 N–H and O–H groups in total. The first kappa shape index (κ1) is 14.5. The molecule has 0 saturated heterocycles. The Bertz CT molecular complexity index is 455. The number of hydrogen-bond acceptors (Lipinski definition) is 4. The molecule has 1 heterocycles. The van der Waals surface area contributed by atoms with E-state index in [2.05, 4.69) is 10.3 Å². The second-order valence-electron chi connectivity index (χ2n) is 5.15. The van der Waals surface area contributed by atoms with Crippen molar-refractivity contribution in [1.82, 2.24) is 10.3 Å². The van der Waals surface area contributed by atoms with E-state index in [0.29, 0.717) is 5.69 Å². The molecule has 0 bridgehead atoms. The molecule has 1 aromatic heterocycles. The highest BCUT2D eigenvalue weighted by Gasteiger charge is 2.32. The van der Waals surface area contributed by atoms with Gasteiger partial charge in [0.1, 0.15) is 12.6 Å². The predicted molar refractivity (Wildman–Crippen MR) is 73.6 cm³/mol. The zero-order valence-electron chi connectivity index (χ0n) is 11.7. The second kappa shape index (κ2) is 7.03. The van der Waals surface area contributed by atoms with Gasteiger partial charge in [0.05, 0.1) is 5.69 Å². The first-order valence-electron chi connectivity index (χ1n) is 7.00. The van der Waals surface area contributed by atoms with Crippen LogP contribution in [0.15, 0.2) is 24.4 Å². The number of hydrogen-bond donors (Lipinski definition) is 1. The average Bonchev–Trinajstić information content (AvgIpc) is 2.97. The average molecular weight is 276 g/mol. The summed E-state index contributed by atoms with van der Waals surface area (Å²) in [6.45, 7) is 1.57. The first-order chi connectivity index (χ1) is 9.66. The predicted octanol–water partition coefficient (Wildman–Crippen LogP) is 1.82. The van der Waals surface area contributed by atoms with Crippen LogP contribution < -0.4 is 5.32 Å². The van der Waals surface area contributed by atoms with Gasteiger partial charge in [-0.1, -0.05) is 18.9 Å². The van der Waals surface area contributed by atoms with Crippen LogP contribution in [-0.2, 0) is 20.9 Å². The molecule has 5 heteroatoms. The molecule has 1 saturated carbocycles. The normalized spacial score (nSPS) is 16.6. The van der Waals surface area contributed by atoms with E-state index < -0.39 is 6.04 Å². The Hall–Kier alpha value is -1.91. The topological polar surface area (TPSA) is 68.3 Å². The maximum absolute atomic E-state index is 12.2. The van der Waals surface area contributed by atoms with Crippen molar-refractivity contribution in [2.45, 2.75) is 45.3 Å². The van der Waals surface area contributed by atoms with Crippen LogP contribution in [0.2, 0.25) is 0 Å². The van der Waals surface area contributed by atoms with Gasteiger partial charge in [0.15, 0.2) is 0 Å². The van der Waals surface area contributed by atoms with Crippen LogP contribution in [0.1, 0.15) is 38.3 Å². The van der Waals surface area contributed by atoms with Crippen molar-refractivity contribution in [2.75, 3.05) is 0 Å². The van der Waals surface area contributed by atoms with Gasteiger partial charge in [-0.15, -0.1) is 0 Å². The van der Waals surface area contributed by atoms with E-state index >= 15 is 0 Å². The Balaban J connectivity index is 1.93. The Morgan fingerprint density at radius 2 is 2.15 bits per heavy atom. The molecular formula is C15H20N2O3. The summed E-state index contributed by atoms with van der Waals surface area (Å²) in [6, 6.07) is 4.93. The molecule has 0 radical (unpaired) electrons. The van der Waals surface area contributed by atoms with Crippen molar-refractivity contribution in [1.29, 1.82) is 0 Å². The number of amides is 1. The second-order valence-corrected chi connectivity index (χ2v) is 5.15. The molecule has 1 unspecified atom stereocenters. The van der Waals surface area contributed by atoms with Gasteiger partial charge in [-0.3, -0.25) is 9.78 Å². The largest absolute Gasteiger partial charge is 0.458 e. The van der Waals surface area contributed by atoms with Crippen LogP contribution in [-0.4, -0.2) is 22.9 Å². The molecular weight excluding hydrogens is 256 g/mol. The van der Waals surface area contributed by atoms with E-state index in [1.807, 2.05) is 12.1 Å². The summed E-state index contributed by atoms with van der Waals surface area (Å²) in [5.74, 6) is -0.371. The van der Waals surface area contributed by atoms with E-state index in [1.165, 1.54) is 6.92 Å². The lowest BCUT2D eigenvalue weighted by atomic mass is 9.98. The summed E-state index contributed by atoms with van der Waals surface area (Å²) in [6.07, 6.45) is 5.79. The fraction of sp³-hybridized carbons (Fsp3) is 0.533. The fourth-order valence-corrected chi connectivity index (χ4v) is 2.60. The summed E-state index contributed by atoms with van der Waals surface area (Å²) >= 11 is 0. The van der Waals surface area contributed by atoms with Gasteiger partial charge < -0.3 is 10.1 Å². The van der Waals surface area contributed by atoms with E-state index in [9.17, 15) is 9.59 Å². The number of aromatic nitrogens is 1. The van der Waals surface area contributed by atoms with Crippen LogP contribution in [0.25, 0.3) is 0 Å². The maximum Gasteiger partial charge on any atom is 0.329 e. The van der Waals surface area contributed by atoms with Crippen molar-refractivity contribution in [2.24, 2.45) is 5.92 Å². The molecule has 1 fully saturated rings. The summed E-state index contributed by atoms with van der Waals surface area (Å²) < 4.78 is 5.29. The van der Waals surface area contributed by atoms with E-state index in [1.54, 1.807) is 12.3 Å². The van der Waals surface area contributed by atoms with Gasteiger partial charge in [0, 0.05) is 13.1 Å². The molecule has 1 aromatic rings. The third-order valence-electron chi connectivity index (χ3n) is 3.57. The summed E-state index contributed by atoms with van der Waals surface area (Å²) in [4.78, 5) is 27.5. The minimum Gasteiger partial charge on any atom is -0.458 e. The smallest absolute Gasteiger partial charge is 0.329 e. The van der Waals surface area contributed by atoms with E-state index in [0.717, 1.165) is 25.7 Å². The van der Waals surface area contributed by atoms with Gasteiger partial charge in [-0.2, -0.15) is 0 Å². The Labute approximate surface area is 118 Å². The van der Waals surface area contributed by atoms with Crippen molar-refractivity contribution in [3.8, 4) is 0 Å². The van der Waals surface area contributed by atoms with Crippen molar-refractivity contribution in [3.05, 3.63) is 30.1 Å². The first-order valence-corrected chi connectivity index (χ1v) is 7.00. The zero-order valence-corrected chi connectivity index (χ0v) is 11.7. The Morgan fingerprint density at radius 3 is 2.75 bits per heavy atom. The lowest BCUT2D eigenvalue weighted by Crippen LogP contribution is -2.45. The van der Waals surface area contributed by atoms with Crippen LogP contribution in [0.5, 0.6) is 0 Å². The van der Waals surface area contributed by atoms with Crippen molar-refractivity contribution >= 4 is 11.9 Å². The minimum atomic E-state index is -0.529. The molecule has 0 aliphatic heterocycles. The number of pyridine rings is 1. The Morgan fingerprint density at radius 1 is 1.40 bits per heavy atom.